The second kappa shape index (κ2) is 4.79. The molecule has 1 unspecified atom stereocenters. The molecule has 0 bridgehead atoms. The molecule has 2 heterocycles. The van der Waals surface area contributed by atoms with Gasteiger partial charge in [0.1, 0.15) is 0 Å². The monoisotopic (exact) mass is 299 g/mol. The van der Waals surface area contributed by atoms with E-state index in [4.69, 9.17) is 0 Å². The van der Waals surface area contributed by atoms with Gasteiger partial charge in [-0.2, -0.15) is 0 Å². The van der Waals surface area contributed by atoms with Crippen LogP contribution in [0, 0.1) is 0 Å². The van der Waals surface area contributed by atoms with Crippen molar-refractivity contribution < 1.29 is 14.3 Å². The van der Waals surface area contributed by atoms with E-state index in [9.17, 15) is 9.59 Å². The Kier molecular flexibility index (Phi) is 3.37. The van der Waals surface area contributed by atoms with Crippen LogP contribution in [-0.4, -0.2) is 40.3 Å². The lowest BCUT2D eigenvalue weighted by atomic mass is 10.4. The van der Waals surface area contributed by atoms with Crippen molar-refractivity contribution >= 4 is 33.6 Å². The van der Waals surface area contributed by atoms with Crippen LogP contribution in [0.3, 0.4) is 0 Å². The fourth-order valence-electron chi connectivity index (χ4n) is 1.56. The standard InChI is InChI=1S/C10H10BrN3O3/c1-17-10(16)7-3-13-8(4-12-7)14-5-6(11)2-9(14)15/h3-4,6H,2,5H2,1H3. The highest BCUT2D eigenvalue weighted by Crippen LogP contribution is 2.22. The minimum absolute atomic E-state index is 0.00741. The average molecular weight is 300 g/mol. The minimum atomic E-state index is -0.546. The van der Waals surface area contributed by atoms with Gasteiger partial charge in [-0.3, -0.25) is 9.69 Å². The topological polar surface area (TPSA) is 72.4 Å². The number of carbonyl (C=O) groups excluding carboxylic acids is 2. The number of hydrogen-bond donors (Lipinski definition) is 0. The summed E-state index contributed by atoms with van der Waals surface area (Å²) in [6.07, 6.45) is 3.14. The lowest BCUT2D eigenvalue weighted by molar-refractivity contribution is -0.117. The summed E-state index contributed by atoms with van der Waals surface area (Å²) in [5, 5.41) is 0. The summed E-state index contributed by atoms with van der Waals surface area (Å²) in [5.41, 5.74) is 0.123. The number of ether oxygens (including phenoxy) is 1. The van der Waals surface area contributed by atoms with Crippen molar-refractivity contribution in [2.24, 2.45) is 0 Å². The lowest BCUT2D eigenvalue weighted by Gasteiger charge is -2.13. The molecule has 1 aliphatic heterocycles. The molecule has 1 fully saturated rings. The van der Waals surface area contributed by atoms with E-state index in [0.717, 1.165) is 0 Å². The highest BCUT2D eigenvalue weighted by Gasteiger charge is 2.29. The van der Waals surface area contributed by atoms with Gasteiger partial charge in [-0.15, -0.1) is 0 Å². The molecular formula is C10H10BrN3O3. The predicted molar refractivity (Wildman–Crippen MR) is 63.1 cm³/mol. The Bertz CT molecular complexity index is 449. The van der Waals surface area contributed by atoms with E-state index in [1.807, 2.05) is 0 Å². The van der Waals surface area contributed by atoms with Crippen LogP contribution < -0.4 is 4.90 Å². The quantitative estimate of drug-likeness (QED) is 0.595. The van der Waals surface area contributed by atoms with E-state index in [0.29, 0.717) is 18.8 Å². The maximum absolute atomic E-state index is 11.6. The number of esters is 1. The molecule has 1 aliphatic rings. The molecule has 1 aromatic heterocycles. The Morgan fingerprint density at radius 3 is 2.76 bits per heavy atom. The molecule has 0 N–H and O–H groups in total. The number of anilines is 1. The Labute approximate surface area is 106 Å². The zero-order chi connectivity index (χ0) is 12.4. The van der Waals surface area contributed by atoms with Gasteiger partial charge < -0.3 is 4.74 Å². The number of alkyl halides is 1. The molecule has 0 aromatic carbocycles. The maximum Gasteiger partial charge on any atom is 0.358 e. The molecule has 1 aromatic rings. The molecule has 17 heavy (non-hydrogen) atoms. The third-order valence-electron chi connectivity index (χ3n) is 2.39. The van der Waals surface area contributed by atoms with Gasteiger partial charge >= 0.3 is 5.97 Å². The molecule has 1 saturated heterocycles. The zero-order valence-corrected chi connectivity index (χ0v) is 10.7. The highest BCUT2D eigenvalue weighted by molar-refractivity contribution is 9.09. The van der Waals surface area contributed by atoms with Gasteiger partial charge in [-0.05, 0) is 0 Å². The highest BCUT2D eigenvalue weighted by atomic mass is 79.9. The second-order valence-corrected chi connectivity index (χ2v) is 4.85. The van der Waals surface area contributed by atoms with E-state index in [1.54, 1.807) is 0 Å². The third-order valence-corrected chi connectivity index (χ3v) is 3.00. The number of carbonyl (C=O) groups is 2. The summed E-state index contributed by atoms with van der Waals surface area (Å²) in [7, 11) is 1.28. The van der Waals surface area contributed by atoms with E-state index in [1.165, 1.54) is 24.4 Å². The Morgan fingerprint density at radius 1 is 1.53 bits per heavy atom. The van der Waals surface area contributed by atoms with Crippen molar-refractivity contribution in [3.05, 3.63) is 18.1 Å². The first-order chi connectivity index (χ1) is 8.11. The number of aromatic nitrogens is 2. The number of hydrogen-bond acceptors (Lipinski definition) is 5. The molecule has 2 rings (SSSR count). The Morgan fingerprint density at radius 2 is 2.29 bits per heavy atom. The molecule has 0 saturated carbocycles. The smallest absolute Gasteiger partial charge is 0.358 e. The molecule has 0 spiro atoms. The molecular weight excluding hydrogens is 290 g/mol. The fourth-order valence-corrected chi connectivity index (χ4v) is 2.12. The Balaban J connectivity index is 2.18. The summed E-state index contributed by atoms with van der Waals surface area (Å²) >= 11 is 3.38. The first kappa shape index (κ1) is 12.0. The van der Waals surface area contributed by atoms with Crippen molar-refractivity contribution in [2.75, 3.05) is 18.6 Å². The fraction of sp³-hybridized carbons (Fsp3) is 0.400. The van der Waals surface area contributed by atoms with Crippen LogP contribution in [0.25, 0.3) is 0 Å². The minimum Gasteiger partial charge on any atom is -0.464 e. The molecule has 1 amide bonds. The van der Waals surface area contributed by atoms with E-state index in [2.05, 4.69) is 30.6 Å². The number of rotatable bonds is 2. The number of methoxy groups -OCH3 is 1. The molecule has 90 valence electrons. The number of halogens is 1. The second-order valence-electron chi connectivity index (χ2n) is 3.56. The number of nitrogens with zero attached hydrogens (tertiary/aromatic N) is 3. The zero-order valence-electron chi connectivity index (χ0n) is 9.09. The van der Waals surface area contributed by atoms with Gasteiger partial charge in [0, 0.05) is 17.8 Å². The van der Waals surface area contributed by atoms with Crippen LogP contribution >= 0.6 is 15.9 Å². The van der Waals surface area contributed by atoms with Gasteiger partial charge in [0.05, 0.1) is 19.5 Å². The van der Waals surface area contributed by atoms with Crippen LogP contribution in [0.2, 0.25) is 0 Å². The predicted octanol–water partition coefficient (Wildman–Crippen LogP) is 0.763. The summed E-state index contributed by atoms with van der Waals surface area (Å²) in [5.74, 6) is -0.105. The summed E-state index contributed by atoms with van der Waals surface area (Å²) in [4.78, 5) is 32.4. The van der Waals surface area contributed by atoms with Crippen LogP contribution in [-0.2, 0) is 9.53 Å². The molecule has 1 atom stereocenters. The van der Waals surface area contributed by atoms with Crippen LogP contribution in [0.4, 0.5) is 5.82 Å². The van der Waals surface area contributed by atoms with Crippen LogP contribution in [0.5, 0.6) is 0 Å². The average Bonchev–Trinajstić information content (AvgIpc) is 2.68. The van der Waals surface area contributed by atoms with Crippen LogP contribution in [0.15, 0.2) is 12.4 Å². The van der Waals surface area contributed by atoms with Gasteiger partial charge in [-0.25, -0.2) is 14.8 Å². The molecule has 0 aliphatic carbocycles. The van der Waals surface area contributed by atoms with Crippen molar-refractivity contribution in [2.45, 2.75) is 11.2 Å². The van der Waals surface area contributed by atoms with Crippen molar-refractivity contribution in [1.82, 2.24) is 9.97 Å². The van der Waals surface area contributed by atoms with Crippen molar-refractivity contribution in [1.29, 1.82) is 0 Å². The SMILES string of the molecule is COC(=O)c1cnc(N2CC(Br)CC2=O)cn1. The molecule has 6 nitrogen and oxygen atoms in total. The van der Waals surface area contributed by atoms with E-state index < -0.39 is 5.97 Å². The van der Waals surface area contributed by atoms with Crippen molar-refractivity contribution in [3.8, 4) is 0 Å². The van der Waals surface area contributed by atoms with E-state index in [-0.39, 0.29) is 16.4 Å². The van der Waals surface area contributed by atoms with Crippen LogP contribution in [0.1, 0.15) is 16.9 Å². The summed E-state index contributed by atoms with van der Waals surface area (Å²) in [6.45, 7) is 0.561. The van der Waals surface area contributed by atoms with E-state index >= 15 is 0 Å². The maximum atomic E-state index is 11.6. The van der Waals surface area contributed by atoms with Gasteiger partial charge in [0.2, 0.25) is 5.91 Å². The van der Waals surface area contributed by atoms with Gasteiger partial charge in [-0.1, -0.05) is 15.9 Å². The summed E-state index contributed by atoms with van der Waals surface area (Å²) in [6, 6.07) is 0. The first-order valence-electron chi connectivity index (χ1n) is 4.96. The first-order valence-corrected chi connectivity index (χ1v) is 5.88. The third kappa shape index (κ3) is 2.44. The number of amides is 1. The largest absolute Gasteiger partial charge is 0.464 e. The summed E-state index contributed by atoms with van der Waals surface area (Å²) < 4.78 is 4.51. The van der Waals surface area contributed by atoms with Crippen molar-refractivity contribution in [3.63, 3.8) is 0 Å². The van der Waals surface area contributed by atoms with Gasteiger partial charge in [0.25, 0.3) is 0 Å². The normalized spacial score (nSPS) is 19.5. The lowest BCUT2D eigenvalue weighted by Crippen LogP contribution is -2.26. The Hall–Kier alpha value is -1.50. The molecule has 7 heteroatoms. The molecule has 0 radical (unpaired) electrons. The van der Waals surface area contributed by atoms with Gasteiger partial charge in [0.15, 0.2) is 11.5 Å².